The largest absolute Gasteiger partial charge is 0.573 e. The molecule has 0 bridgehead atoms. The second-order valence-corrected chi connectivity index (χ2v) is 15.5. The summed E-state index contributed by atoms with van der Waals surface area (Å²) in [6.45, 7) is 2.16. The molecule has 0 saturated carbocycles. The van der Waals surface area contributed by atoms with E-state index >= 15 is 0 Å². The highest BCUT2D eigenvalue weighted by atomic mass is 32.2. The number of halogens is 6. The third-order valence-electron chi connectivity index (χ3n) is 8.51. The van der Waals surface area contributed by atoms with Crippen LogP contribution < -0.4 is 19.7 Å². The number of ether oxygens (including phenoxy) is 1. The number of anilines is 2. The fraction of sp³-hybridized carbons (Fsp3) is 0.243. The van der Waals surface area contributed by atoms with E-state index in [0.29, 0.717) is 60.5 Å². The van der Waals surface area contributed by atoms with Crippen molar-refractivity contribution in [2.45, 2.75) is 28.9 Å². The number of alkyl halides is 6. The number of nitrogens with zero attached hydrogens (tertiary/aromatic N) is 5. The van der Waals surface area contributed by atoms with Crippen molar-refractivity contribution in [2.75, 3.05) is 48.7 Å². The number of aromatic nitrogens is 3. The van der Waals surface area contributed by atoms with Crippen LogP contribution in [0, 0.1) is 0 Å². The first kappa shape index (κ1) is 41.0. The van der Waals surface area contributed by atoms with E-state index in [1.54, 1.807) is 10.8 Å². The van der Waals surface area contributed by atoms with Crippen LogP contribution >= 0.6 is 11.8 Å². The molecule has 1 aliphatic heterocycles. The number of thioether (sulfide) groups is 1. The lowest BCUT2D eigenvalue weighted by molar-refractivity contribution is -0.274. The maximum absolute atomic E-state index is 14.0. The number of benzene rings is 3. The maximum Gasteiger partial charge on any atom is 0.573 e. The molecule has 0 atom stereocenters. The summed E-state index contributed by atoms with van der Waals surface area (Å²) in [5.74, 6) is -0.988. The highest BCUT2D eigenvalue weighted by Crippen LogP contribution is 2.37. The predicted molar refractivity (Wildman–Crippen MR) is 199 cm³/mol. The van der Waals surface area contributed by atoms with E-state index in [1.165, 1.54) is 54.5 Å². The van der Waals surface area contributed by atoms with E-state index in [9.17, 15) is 44.7 Å². The molecule has 1 aliphatic rings. The van der Waals surface area contributed by atoms with Gasteiger partial charge in [-0.1, -0.05) is 18.2 Å². The van der Waals surface area contributed by atoms with Gasteiger partial charge in [-0.05, 0) is 77.9 Å². The van der Waals surface area contributed by atoms with Gasteiger partial charge >= 0.3 is 12.5 Å². The first-order valence-corrected chi connectivity index (χ1v) is 19.5. The van der Waals surface area contributed by atoms with E-state index in [2.05, 4.69) is 25.2 Å². The highest BCUT2D eigenvalue weighted by molar-refractivity contribution is 7.99. The van der Waals surface area contributed by atoms with Gasteiger partial charge in [-0.2, -0.15) is 13.2 Å². The number of aromatic hydroxyl groups is 1. The lowest BCUT2D eigenvalue weighted by Crippen LogP contribution is -2.46. The van der Waals surface area contributed by atoms with Crippen molar-refractivity contribution in [1.82, 2.24) is 24.8 Å². The molecular formula is C37H33F6N7O5S2. The molecule has 3 aromatic carbocycles. The smallest absolute Gasteiger partial charge is 0.506 e. The molecule has 1 saturated heterocycles. The normalized spacial score (nSPS) is 14.0. The number of amides is 1. The summed E-state index contributed by atoms with van der Waals surface area (Å²) in [5, 5.41) is 20.4. The Kier molecular flexibility index (Phi) is 12.4. The molecule has 5 aromatic rings. The summed E-state index contributed by atoms with van der Waals surface area (Å²) in [6.07, 6.45) is -7.22. The number of nitrogens with one attached hydrogen (secondary N) is 2. The zero-order valence-corrected chi connectivity index (χ0v) is 31.2. The number of carbonyl (C=O) groups is 1. The Morgan fingerprint density at radius 2 is 1.61 bits per heavy atom. The van der Waals surface area contributed by atoms with Gasteiger partial charge in [0.2, 0.25) is 0 Å². The van der Waals surface area contributed by atoms with Crippen LogP contribution in [-0.4, -0.2) is 84.4 Å². The van der Waals surface area contributed by atoms with E-state index in [0.717, 1.165) is 17.0 Å². The van der Waals surface area contributed by atoms with Crippen LogP contribution in [0.3, 0.4) is 0 Å². The molecule has 3 N–H and O–H groups in total. The Balaban J connectivity index is 1.05. The summed E-state index contributed by atoms with van der Waals surface area (Å²) in [5.41, 5.74) is -0.655. The highest BCUT2D eigenvalue weighted by Gasteiger charge is 2.36. The van der Waals surface area contributed by atoms with Gasteiger partial charge in [0.25, 0.3) is 15.9 Å². The first-order chi connectivity index (χ1) is 27.0. The SMILES string of the molecule is O=C(NS(=O)(=O)c1ccc(NCCSc2ccccc2)c(C(F)(F)F)c1)c1ccc(N2CCN(Cc3cc(OC(F)(F)F)cc(-c4cncc(O)c4)c3)CC2)nn1. The topological polar surface area (TPSA) is 150 Å². The lowest BCUT2D eigenvalue weighted by atomic mass is 10.0. The molecule has 20 heteroatoms. The molecule has 2 aromatic heterocycles. The maximum atomic E-state index is 14.0. The van der Waals surface area contributed by atoms with E-state index in [4.69, 9.17) is 0 Å². The standard InChI is InChI=1S/C37H33F6N7O5S2/c38-36(39,40)31-20-30(6-7-32(31)45-10-15-56-29-4-2-1-3-5-29)57(53,54)48-35(52)33-8-9-34(47-46-33)50-13-11-49(12-14-50)23-24-16-25(26-18-27(51)22-44-21-26)19-28(17-24)55-37(41,42)43/h1-9,16-22,45,51H,10-15,23H2,(H,48,52). The first-order valence-electron chi connectivity index (χ1n) is 17.1. The Hall–Kier alpha value is -5.60. The molecule has 12 nitrogen and oxygen atoms in total. The fourth-order valence-corrected chi connectivity index (χ4v) is 7.67. The van der Waals surface area contributed by atoms with E-state index < -0.39 is 50.4 Å². The number of hydrogen-bond acceptors (Lipinski definition) is 12. The van der Waals surface area contributed by atoms with Gasteiger partial charge in [-0.25, -0.2) is 13.1 Å². The van der Waals surface area contributed by atoms with Crippen LogP contribution in [0.15, 0.2) is 107 Å². The van der Waals surface area contributed by atoms with Crippen molar-refractivity contribution in [3.8, 4) is 22.6 Å². The van der Waals surface area contributed by atoms with Gasteiger partial charge in [-0.15, -0.1) is 35.1 Å². The number of piperazine rings is 1. The van der Waals surface area contributed by atoms with E-state index in [-0.39, 0.29) is 24.5 Å². The summed E-state index contributed by atoms with van der Waals surface area (Å²) in [7, 11) is -4.76. The predicted octanol–water partition coefficient (Wildman–Crippen LogP) is 6.81. The van der Waals surface area contributed by atoms with Gasteiger partial charge < -0.3 is 20.1 Å². The molecule has 0 unspecified atom stereocenters. The number of rotatable bonds is 13. The number of carbonyl (C=O) groups excluding carboxylic acids is 1. The quantitative estimate of drug-likeness (QED) is 0.0651. The Morgan fingerprint density at radius 3 is 2.28 bits per heavy atom. The van der Waals surface area contributed by atoms with Gasteiger partial charge in [-0.3, -0.25) is 14.7 Å². The molecule has 1 fully saturated rings. The molecule has 0 aliphatic carbocycles. The van der Waals surface area contributed by atoms with Crippen LogP contribution in [0.25, 0.3) is 11.1 Å². The summed E-state index contributed by atoms with van der Waals surface area (Å²) < 4.78 is 113. The third-order valence-corrected chi connectivity index (χ3v) is 10.8. The van der Waals surface area contributed by atoms with Gasteiger partial charge in [0.1, 0.15) is 11.5 Å². The fourth-order valence-electron chi connectivity index (χ4n) is 5.89. The van der Waals surface area contributed by atoms with Crippen molar-refractivity contribution >= 4 is 39.2 Å². The molecule has 0 spiro atoms. The minimum atomic E-state index is -4.92. The second-order valence-electron chi connectivity index (χ2n) is 12.6. The van der Waals surface area contributed by atoms with Crippen LogP contribution in [0.2, 0.25) is 0 Å². The van der Waals surface area contributed by atoms with Gasteiger partial charge in [0, 0.05) is 67.4 Å². The van der Waals surface area contributed by atoms with E-state index in [1.807, 2.05) is 40.1 Å². The van der Waals surface area contributed by atoms with Gasteiger partial charge in [0.15, 0.2) is 11.5 Å². The summed E-state index contributed by atoms with van der Waals surface area (Å²) in [4.78, 5) is 20.8. The monoisotopic (exact) mass is 833 g/mol. The Bertz CT molecular complexity index is 2290. The number of hydrogen-bond donors (Lipinski definition) is 3. The van der Waals surface area contributed by atoms with Crippen LogP contribution in [-0.2, 0) is 22.7 Å². The average Bonchev–Trinajstić information content (AvgIpc) is 3.16. The van der Waals surface area contributed by atoms with Crippen LogP contribution in [0.5, 0.6) is 11.5 Å². The van der Waals surface area contributed by atoms with Crippen molar-refractivity contribution < 1.29 is 49.4 Å². The van der Waals surface area contributed by atoms with Crippen LogP contribution in [0.4, 0.5) is 37.8 Å². The minimum absolute atomic E-state index is 0.156. The summed E-state index contributed by atoms with van der Waals surface area (Å²) >= 11 is 1.44. The zero-order chi connectivity index (χ0) is 40.8. The molecule has 57 heavy (non-hydrogen) atoms. The molecule has 3 heterocycles. The molecular weight excluding hydrogens is 801 g/mol. The van der Waals surface area contributed by atoms with Gasteiger partial charge in [0.05, 0.1) is 16.7 Å². The molecule has 0 radical (unpaired) electrons. The molecule has 1 amide bonds. The van der Waals surface area contributed by atoms with Crippen molar-refractivity contribution in [2.24, 2.45) is 0 Å². The Labute approximate surface area is 326 Å². The second kappa shape index (κ2) is 17.3. The average molecular weight is 834 g/mol. The van der Waals surface area contributed by atoms with Crippen molar-refractivity contribution in [3.05, 3.63) is 114 Å². The number of sulfonamides is 1. The lowest BCUT2D eigenvalue weighted by Gasteiger charge is -2.35. The van der Waals surface area contributed by atoms with Crippen molar-refractivity contribution in [3.63, 3.8) is 0 Å². The van der Waals surface area contributed by atoms with Crippen LogP contribution in [0.1, 0.15) is 21.6 Å². The molecule has 300 valence electrons. The summed E-state index contributed by atoms with van der Waals surface area (Å²) in [6, 6.07) is 19.9. The van der Waals surface area contributed by atoms with Crippen molar-refractivity contribution in [1.29, 1.82) is 0 Å². The minimum Gasteiger partial charge on any atom is -0.506 e. The molecule has 6 rings (SSSR count). The zero-order valence-electron chi connectivity index (χ0n) is 29.6. The number of pyridine rings is 1. The third kappa shape index (κ3) is 11.3. The Morgan fingerprint density at radius 1 is 0.860 bits per heavy atom.